The molecule has 23 heavy (non-hydrogen) atoms. The molecule has 0 radical (unpaired) electrons. The maximum absolute atomic E-state index is 13.5. The van der Waals surface area contributed by atoms with Gasteiger partial charge in [-0.3, -0.25) is 9.63 Å². The van der Waals surface area contributed by atoms with Crippen molar-refractivity contribution >= 4 is 17.6 Å². The highest BCUT2D eigenvalue weighted by Crippen LogP contribution is 2.42. The predicted octanol–water partition coefficient (Wildman–Crippen LogP) is 1.70. The van der Waals surface area contributed by atoms with Gasteiger partial charge in [0.2, 0.25) is 0 Å². The third-order valence-corrected chi connectivity index (χ3v) is 3.40. The number of hydrogen-bond donors (Lipinski definition) is 0. The highest BCUT2D eigenvalue weighted by molar-refractivity contribution is 5.86. The Balaban J connectivity index is 2.50. The normalized spacial score (nSPS) is 24.4. The summed E-state index contributed by atoms with van der Waals surface area (Å²) in [6, 6.07) is 4.98. The molecule has 0 aliphatic carbocycles. The van der Waals surface area contributed by atoms with Crippen molar-refractivity contribution in [3.63, 3.8) is 0 Å². The van der Waals surface area contributed by atoms with Crippen molar-refractivity contribution in [2.75, 3.05) is 19.3 Å². The molecule has 0 spiro atoms. The Morgan fingerprint density at radius 1 is 1.09 bits per heavy atom. The van der Waals surface area contributed by atoms with Crippen molar-refractivity contribution in [1.29, 1.82) is 0 Å². The van der Waals surface area contributed by atoms with Crippen LogP contribution in [0.2, 0.25) is 0 Å². The number of alkyl halides is 3. The van der Waals surface area contributed by atoms with Crippen LogP contribution in [0.5, 0.6) is 0 Å². The number of hydroxylamine groups is 1. The molecule has 3 atom stereocenters. The van der Waals surface area contributed by atoms with Gasteiger partial charge in [0.1, 0.15) is 5.92 Å². The van der Waals surface area contributed by atoms with Crippen LogP contribution in [-0.2, 0) is 23.9 Å². The molecule has 0 bridgehead atoms. The monoisotopic (exact) mass is 333 g/mol. The molecule has 9 heteroatoms. The molecule has 0 aromatic heterocycles. The third kappa shape index (κ3) is 3.24. The number of carbonyl (C=O) groups excluding carboxylic acids is 2. The van der Waals surface area contributed by atoms with Gasteiger partial charge < -0.3 is 9.47 Å². The summed E-state index contributed by atoms with van der Waals surface area (Å²) < 4.78 is 49.4. The Labute approximate surface area is 129 Å². The van der Waals surface area contributed by atoms with Crippen LogP contribution in [0.1, 0.15) is 0 Å². The van der Waals surface area contributed by atoms with Gasteiger partial charge in [0.25, 0.3) is 0 Å². The number of ether oxygens (including phenoxy) is 2. The summed E-state index contributed by atoms with van der Waals surface area (Å²) >= 11 is 0. The van der Waals surface area contributed by atoms with Crippen LogP contribution in [0, 0.1) is 5.92 Å². The second-order valence-electron chi connectivity index (χ2n) is 4.75. The fourth-order valence-corrected chi connectivity index (χ4v) is 2.39. The quantitative estimate of drug-likeness (QED) is 0.785. The van der Waals surface area contributed by atoms with Gasteiger partial charge >= 0.3 is 18.1 Å². The van der Waals surface area contributed by atoms with Crippen molar-refractivity contribution in [1.82, 2.24) is 0 Å². The molecule has 0 saturated carbocycles. The molecule has 2 rings (SSSR count). The van der Waals surface area contributed by atoms with Crippen molar-refractivity contribution in [2.24, 2.45) is 5.92 Å². The second kappa shape index (κ2) is 6.45. The molecule has 1 fully saturated rings. The minimum absolute atomic E-state index is 0.0510. The van der Waals surface area contributed by atoms with E-state index in [4.69, 9.17) is 4.84 Å². The maximum atomic E-state index is 13.5. The van der Waals surface area contributed by atoms with Crippen LogP contribution in [0.3, 0.4) is 0 Å². The molecule has 0 amide bonds. The number of halogens is 3. The van der Waals surface area contributed by atoms with E-state index in [0.29, 0.717) is 5.06 Å². The maximum Gasteiger partial charge on any atom is 0.412 e. The lowest BCUT2D eigenvalue weighted by molar-refractivity contribution is -0.173. The first kappa shape index (κ1) is 17.1. The highest BCUT2D eigenvalue weighted by atomic mass is 19.4. The number of nitrogens with zero attached hydrogens (tertiary/aromatic N) is 1. The molecule has 1 aromatic carbocycles. The van der Waals surface area contributed by atoms with Gasteiger partial charge in [-0.15, -0.1) is 0 Å². The number of hydrogen-bond acceptors (Lipinski definition) is 6. The van der Waals surface area contributed by atoms with Crippen molar-refractivity contribution < 1.29 is 37.1 Å². The van der Waals surface area contributed by atoms with Gasteiger partial charge in [-0.1, -0.05) is 18.2 Å². The molecule has 126 valence electrons. The first-order valence-corrected chi connectivity index (χ1v) is 6.54. The van der Waals surface area contributed by atoms with E-state index in [2.05, 4.69) is 9.47 Å². The average Bonchev–Trinajstić information content (AvgIpc) is 2.95. The Bertz CT molecular complexity index is 578. The second-order valence-corrected chi connectivity index (χ2v) is 4.75. The minimum atomic E-state index is -4.84. The number of rotatable bonds is 3. The van der Waals surface area contributed by atoms with Gasteiger partial charge in [-0.2, -0.15) is 13.2 Å². The fraction of sp³-hybridized carbons (Fsp3) is 0.429. The van der Waals surface area contributed by atoms with Gasteiger partial charge in [0.15, 0.2) is 12.1 Å². The lowest BCUT2D eigenvalue weighted by Gasteiger charge is -2.27. The van der Waals surface area contributed by atoms with E-state index in [0.717, 1.165) is 14.2 Å². The molecular formula is C14H14F3NO5. The number of carbonyl (C=O) groups is 2. The summed E-state index contributed by atoms with van der Waals surface area (Å²) in [4.78, 5) is 28.7. The number of para-hydroxylation sites is 1. The van der Waals surface area contributed by atoms with E-state index in [9.17, 15) is 22.8 Å². The predicted molar refractivity (Wildman–Crippen MR) is 71.2 cm³/mol. The van der Waals surface area contributed by atoms with E-state index in [1.807, 2.05) is 0 Å². The Morgan fingerprint density at radius 3 is 2.13 bits per heavy atom. The number of esters is 2. The standard InChI is InChI=1S/C14H14F3NO5/c1-21-12(19)9-10(13(20)22-2)23-18(11(9)14(15,16)17)8-6-4-3-5-7-8/h3-7,9-11H,1-2H3/t9-,10-,11-/m0/s1. The molecule has 6 nitrogen and oxygen atoms in total. The lowest BCUT2D eigenvalue weighted by Crippen LogP contribution is -2.48. The van der Waals surface area contributed by atoms with Crippen LogP contribution in [0.15, 0.2) is 30.3 Å². The van der Waals surface area contributed by atoms with E-state index in [1.54, 1.807) is 6.07 Å². The van der Waals surface area contributed by atoms with E-state index in [1.165, 1.54) is 24.3 Å². The van der Waals surface area contributed by atoms with Crippen LogP contribution in [-0.4, -0.2) is 44.5 Å². The smallest absolute Gasteiger partial charge is 0.412 e. The summed E-state index contributed by atoms with van der Waals surface area (Å²) in [7, 11) is 1.93. The molecule has 1 heterocycles. The first-order valence-electron chi connectivity index (χ1n) is 6.54. The zero-order valence-electron chi connectivity index (χ0n) is 12.2. The Kier molecular flexibility index (Phi) is 4.79. The summed E-state index contributed by atoms with van der Waals surface area (Å²) in [6.07, 6.45) is -6.59. The number of methoxy groups -OCH3 is 2. The third-order valence-electron chi connectivity index (χ3n) is 3.40. The SMILES string of the molecule is COC(=O)[C@H]1[C@@H](C(=O)OC)ON(c2ccccc2)[C@@H]1C(F)(F)F. The summed E-state index contributed by atoms with van der Waals surface area (Å²) in [5.74, 6) is -4.19. The summed E-state index contributed by atoms with van der Waals surface area (Å²) in [5, 5.41) is 0.503. The minimum Gasteiger partial charge on any atom is -0.469 e. The molecule has 0 unspecified atom stereocenters. The molecule has 1 aromatic rings. The van der Waals surface area contributed by atoms with Crippen LogP contribution in [0.4, 0.5) is 18.9 Å². The van der Waals surface area contributed by atoms with Crippen molar-refractivity contribution in [3.05, 3.63) is 30.3 Å². The van der Waals surface area contributed by atoms with Crippen LogP contribution >= 0.6 is 0 Å². The topological polar surface area (TPSA) is 65.1 Å². The van der Waals surface area contributed by atoms with E-state index < -0.39 is 36.2 Å². The molecule has 1 saturated heterocycles. The first-order chi connectivity index (χ1) is 10.8. The van der Waals surface area contributed by atoms with E-state index in [-0.39, 0.29) is 5.69 Å². The molecular weight excluding hydrogens is 319 g/mol. The summed E-state index contributed by atoms with van der Waals surface area (Å²) in [6.45, 7) is 0. The zero-order valence-corrected chi connectivity index (χ0v) is 12.2. The molecule has 1 aliphatic rings. The van der Waals surface area contributed by atoms with Gasteiger partial charge in [-0.25, -0.2) is 9.86 Å². The van der Waals surface area contributed by atoms with Crippen LogP contribution in [0.25, 0.3) is 0 Å². The van der Waals surface area contributed by atoms with Gasteiger partial charge in [0.05, 0.1) is 19.9 Å². The number of benzene rings is 1. The largest absolute Gasteiger partial charge is 0.469 e. The number of anilines is 1. The lowest BCUT2D eigenvalue weighted by atomic mass is 9.94. The average molecular weight is 333 g/mol. The van der Waals surface area contributed by atoms with Gasteiger partial charge in [0, 0.05) is 0 Å². The van der Waals surface area contributed by atoms with Crippen molar-refractivity contribution in [3.8, 4) is 0 Å². The van der Waals surface area contributed by atoms with E-state index >= 15 is 0 Å². The molecule has 1 aliphatic heterocycles. The highest BCUT2D eigenvalue weighted by Gasteiger charge is 2.62. The van der Waals surface area contributed by atoms with Gasteiger partial charge in [-0.05, 0) is 12.1 Å². The summed E-state index contributed by atoms with van der Waals surface area (Å²) in [5.41, 5.74) is 0.0510. The Hall–Kier alpha value is -2.29. The van der Waals surface area contributed by atoms with Crippen molar-refractivity contribution in [2.45, 2.75) is 18.3 Å². The fourth-order valence-electron chi connectivity index (χ4n) is 2.39. The zero-order chi connectivity index (χ0) is 17.2. The molecule has 0 N–H and O–H groups in total. The Morgan fingerprint density at radius 2 is 1.65 bits per heavy atom. The van der Waals surface area contributed by atoms with Crippen LogP contribution < -0.4 is 5.06 Å².